The molecule has 0 saturated carbocycles. The molecule has 28 heavy (non-hydrogen) atoms. The average molecular weight is 468 g/mol. The molecule has 1 atom stereocenters. The third kappa shape index (κ3) is 3.86. The largest absolute Gasteiger partial charge is 0.308 e. The first-order valence-corrected chi connectivity index (χ1v) is 11.5. The van der Waals surface area contributed by atoms with Gasteiger partial charge in [0.2, 0.25) is 5.91 Å². The van der Waals surface area contributed by atoms with Gasteiger partial charge < -0.3 is 4.90 Å². The minimum absolute atomic E-state index is 0.0738. The van der Waals surface area contributed by atoms with E-state index in [4.69, 9.17) is 35.4 Å². The Kier molecular flexibility index (Phi) is 5.81. The summed E-state index contributed by atoms with van der Waals surface area (Å²) in [6.45, 7) is 2.07. The van der Waals surface area contributed by atoms with E-state index in [1.807, 2.05) is 29.2 Å². The molecule has 2 heterocycles. The molecule has 0 radical (unpaired) electrons. The molecule has 1 amide bonds. The molecule has 1 aromatic heterocycles. The summed E-state index contributed by atoms with van der Waals surface area (Å²) in [4.78, 5) is 14.7. The quantitative estimate of drug-likeness (QED) is 0.346. The number of fused-ring (bicyclic) bond motifs is 1. The Bertz CT molecular complexity index is 1110. The maximum atomic E-state index is 12.9. The molecule has 2 aromatic carbocycles. The number of carbonyl (C=O) groups excluding carboxylic acids is 1. The third-order valence-electron chi connectivity index (χ3n) is 4.47. The molecule has 0 N–H and O–H groups in total. The molecule has 0 bridgehead atoms. The molecule has 9 heteroatoms. The van der Waals surface area contributed by atoms with Crippen molar-refractivity contribution in [2.45, 2.75) is 23.7 Å². The van der Waals surface area contributed by atoms with Crippen molar-refractivity contribution in [3.8, 4) is 5.69 Å². The summed E-state index contributed by atoms with van der Waals surface area (Å²) < 4.78 is 2.97. The second kappa shape index (κ2) is 8.16. The SMILES string of the molecule is CC1Cc2ccccc2N1C(=O)CSc1nn(-c2ccc(Cl)c(Cl)c2)c(=S)s1. The van der Waals surface area contributed by atoms with E-state index in [9.17, 15) is 4.79 Å². The van der Waals surface area contributed by atoms with Crippen LogP contribution in [0, 0.1) is 3.95 Å². The van der Waals surface area contributed by atoms with Crippen LogP contribution in [0.5, 0.6) is 0 Å². The van der Waals surface area contributed by atoms with Crippen LogP contribution in [0.2, 0.25) is 10.0 Å². The number of thioether (sulfide) groups is 1. The topological polar surface area (TPSA) is 38.1 Å². The standard InChI is InChI=1S/C19H15Cl2N3OS3/c1-11-8-12-4-2-3-5-16(12)23(11)17(25)10-27-18-22-24(19(26)28-18)13-6-7-14(20)15(21)9-13/h2-7,9,11H,8,10H2,1H3. The van der Waals surface area contributed by atoms with Crippen LogP contribution in [0.25, 0.3) is 5.69 Å². The van der Waals surface area contributed by atoms with Gasteiger partial charge in [-0.15, -0.1) is 5.10 Å². The van der Waals surface area contributed by atoms with Crippen LogP contribution < -0.4 is 4.90 Å². The molecular formula is C19H15Cl2N3OS3. The van der Waals surface area contributed by atoms with Gasteiger partial charge in [-0.2, -0.15) is 0 Å². The molecule has 1 aliphatic rings. The summed E-state index contributed by atoms with van der Waals surface area (Å²) in [5.41, 5.74) is 2.97. The van der Waals surface area contributed by atoms with Crippen molar-refractivity contribution in [3.05, 3.63) is 62.0 Å². The number of amides is 1. The lowest BCUT2D eigenvalue weighted by Crippen LogP contribution is -2.36. The van der Waals surface area contributed by atoms with Crippen LogP contribution in [-0.4, -0.2) is 27.5 Å². The van der Waals surface area contributed by atoms with E-state index in [-0.39, 0.29) is 11.9 Å². The number of carbonyl (C=O) groups is 1. The van der Waals surface area contributed by atoms with E-state index < -0.39 is 0 Å². The molecule has 0 fully saturated rings. The molecule has 3 aromatic rings. The van der Waals surface area contributed by atoms with E-state index in [0.29, 0.717) is 19.8 Å². The molecule has 4 nitrogen and oxygen atoms in total. The summed E-state index contributed by atoms with van der Waals surface area (Å²) in [5, 5.41) is 5.46. The minimum atomic E-state index is 0.0738. The fourth-order valence-electron chi connectivity index (χ4n) is 3.24. The van der Waals surface area contributed by atoms with Crippen molar-refractivity contribution in [1.29, 1.82) is 0 Å². The van der Waals surface area contributed by atoms with Crippen molar-refractivity contribution >= 4 is 70.1 Å². The molecule has 4 rings (SSSR count). The summed E-state index contributed by atoms with van der Waals surface area (Å²) in [5.74, 6) is 0.382. The lowest BCUT2D eigenvalue weighted by Gasteiger charge is -2.22. The maximum absolute atomic E-state index is 12.9. The van der Waals surface area contributed by atoms with Crippen molar-refractivity contribution < 1.29 is 4.79 Å². The summed E-state index contributed by atoms with van der Waals surface area (Å²) in [6, 6.07) is 13.5. The summed E-state index contributed by atoms with van der Waals surface area (Å²) in [7, 11) is 0. The first-order chi connectivity index (χ1) is 13.4. The van der Waals surface area contributed by atoms with Gasteiger partial charge >= 0.3 is 0 Å². The molecule has 0 aliphatic carbocycles. The number of nitrogens with zero attached hydrogens (tertiary/aromatic N) is 3. The number of aromatic nitrogens is 2. The number of hydrogen-bond acceptors (Lipinski definition) is 5. The monoisotopic (exact) mass is 467 g/mol. The van der Waals surface area contributed by atoms with Gasteiger partial charge in [0, 0.05) is 11.7 Å². The number of hydrogen-bond donors (Lipinski definition) is 0. The molecule has 144 valence electrons. The number of rotatable bonds is 4. The first kappa shape index (κ1) is 19.9. The Labute approximate surface area is 186 Å². The number of para-hydroxylation sites is 1. The Morgan fingerprint density at radius 1 is 1.29 bits per heavy atom. The zero-order chi connectivity index (χ0) is 19.8. The van der Waals surface area contributed by atoms with E-state index in [1.54, 1.807) is 16.8 Å². The van der Waals surface area contributed by atoms with Gasteiger partial charge in [0.1, 0.15) is 0 Å². The van der Waals surface area contributed by atoms with Gasteiger partial charge in [0.05, 0.1) is 21.5 Å². The zero-order valence-corrected chi connectivity index (χ0v) is 18.7. The van der Waals surface area contributed by atoms with Crippen LogP contribution in [0.15, 0.2) is 46.8 Å². The Balaban J connectivity index is 1.49. The van der Waals surface area contributed by atoms with Gasteiger partial charge in [0.25, 0.3) is 0 Å². The Morgan fingerprint density at radius 3 is 2.86 bits per heavy atom. The predicted molar refractivity (Wildman–Crippen MR) is 120 cm³/mol. The normalized spacial score (nSPS) is 15.7. The van der Waals surface area contributed by atoms with Gasteiger partial charge in [-0.25, -0.2) is 4.68 Å². The first-order valence-electron chi connectivity index (χ1n) is 8.52. The van der Waals surface area contributed by atoms with E-state index in [0.717, 1.165) is 22.1 Å². The zero-order valence-electron chi connectivity index (χ0n) is 14.8. The Hall–Kier alpha value is -1.38. The average Bonchev–Trinajstić information content (AvgIpc) is 3.21. The fraction of sp³-hybridized carbons (Fsp3) is 0.211. The third-order valence-corrected chi connectivity index (χ3v) is 7.56. The minimum Gasteiger partial charge on any atom is -0.308 e. The highest BCUT2D eigenvalue weighted by molar-refractivity contribution is 8.01. The number of anilines is 1. The molecule has 0 saturated heterocycles. The van der Waals surface area contributed by atoms with Gasteiger partial charge in [-0.3, -0.25) is 4.79 Å². The van der Waals surface area contributed by atoms with Crippen LogP contribution in [0.1, 0.15) is 12.5 Å². The van der Waals surface area contributed by atoms with Crippen LogP contribution in [0.3, 0.4) is 0 Å². The summed E-state index contributed by atoms with van der Waals surface area (Å²) >= 11 is 20.3. The second-order valence-corrected chi connectivity index (χ2v) is 10.0. The van der Waals surface area contributed by atoms with Gasteiger partial charge in [-0.05, 0) is 55.4 Å². The molecule has 1 unspecified atom stereocenters. The van der Waals surface area contributed by atoms with Crippen LogP contribution in [0.4, 0.5) is 5.69 Å². The van der Waals surface area contributed by atoms with E-state index >= 15 is 0 Å². The smallest absolute Gasteiger partial charge is 0.237 e. The Morgan fingerprint density at radius 2 is 2.07 bits per heavy atom. The van der Waals surface area contributed by atoms with Crippen molar-refractivity contribution in [3.63, 3.8) is 0 Å². The van der Waals surface area contributed by atoms with Crippen molar-refractivity contribution in [1.82, 2.24) is 9.78 Å². The maximum Gasteiger partial charge on any atom is 0.237 e. The lowest BCUT2D eigenvalue weighted by molar-refractivity contribution is -0.116. The van der Waals surface area contributed by atoms with Crippen molar-refractivity contribution in [2.75, 3.05) is 10.7 Å². The highest BCUT2D eigenvalue weighted by atomic mass is 35.5. The second-order valence-electron chi connectivity index (χ2n) is 6.38. The van der Waals surface area contributed by atoms with Gasteiger partial charge in [-0.1, -0.05) is 64.5 Å². The van der Waals surface area contributed by atoms with E-state index in [1.165, 1.54) is 28.7 Å². The van der Waals surface area contributed by atoms with Gasteiger partial charge in [0.15, 0.2) is 8.29 Å². The fourth-order valence-corrected chi connectivity index (χ4v) is 5.75. The molecule has 0 spiro atoms. The van der Waals surface area contributed by atoms with Crippen LogP contribution in [-0.2, 0) is 11.2 Å². The predicted octanol–water partition coefficient (Wildman–Crippen LogP) is 6.04. The van der Waals surface area contributed by atoms with Crippen molar-refractivity contribution in [2.24, 2.45) is 0 Å². The highest BCUT2D eigenvalue weighted by Crippen LogP contribution is 2.33. The molecular weight excluding hydrogens is 453 g/mol. The number of benzene rings is 2. The van der Waals surface area contributed by atoms with Crippen LogP contribution >= 0.6 is 58.5 Å². The molecule has 1 aliphatic heterocycles. The number of halogens is 2. The van der Waals surface area contributed by atoms with E-state index in [2.05, 4.69) is 18.1 Å². The highest BCUT2D eigenvalue weighted by Gasteiger charge is 2.30. The summed E-state index contributed by atoms with van der Waals surface area (Å²) in [6.07, 6.45) is 0.886. The lowest BCUT2D eigenvalue weighted by atomic mass is 10.1.